The molecule has 0 bridgehead atoms. The lowest BCUT2D eigenvalue weighted by molar-refractivity contribution is 0.0781. The number of hydrogen-bond donors (Lipinski definition) is 0. The molecule has 4 rings (SSSR count). The molecule has 1 saturated heterocycles. The van der Waals surface area contributed by atoms with Crippen molar-refractivity contribution in [3.05, 3.63) is 81.5 Å². The van der Waals surface area contributed by atoms with Crippen LogP contribution in [0, 0.1) is 6.92 Å². The number of aryl methyl sites for hydroxylation is 1. The van der Waals surface area contributed by atoms with Crippen molar-refractivity contribution in [2.45, 2.75) is 38.0 Å². The van der Waals surface area contributed by atoms with Crippen molar-refractivity contribution in [1.29, 1.82) is 0 Å². The molecular weight excluding hydrogens is 507 g/mol. The summed E-state index contributed by atoms with van der Waals surface area (Å²) in [6.45, 7) is 5.34. The van der Waals surface area contributed by atoms with Crippen molar-refractivity contribution in [2.75, 3.05) is 33.2 Å². The number of carbonyl (C=O) groups excluding carboxylic acids is 1. The maximum absolute atomic E-state index is 13.0. The van der Waals surface area contributed by atoms with Crippen LogP contribution in [0.1, 0.15) is 58.8 Å². The van der Waals surface area contributed by atoms with Gasteiger partial charge in [-0.1, -0.05) is 47.5 Å². The number of carbonyl (C=O) groups is 1. The van der Waals surface area contributed by atoms with Gasteiger partial charge in [-0.15, -0.1) is 22.6 Å². The Morgan fingerprint density at radius 2 is 1.83 bits per heavy atom. The Morgan fingerprint density at radius 3 is 2.46 bits per heavy atom. The third-order valence-electron chi connectivity index (χ3n) is 6.55. The minimum atomic E-state index is 0. The number of amides is 1. The van der Waals surface area contributed by atoms with E-state index in [1.165, 1.54) is 0 Å². The van der Waals surface area contributed by atoms with Crippen molar-refractivity contribution < 1.29 is 9.21 Å². The lowest BCUT2D eigenvalue weighted by atomic mass is 9.93. The Kier molecular flexibility index (Phi) is 9.99. The smallest absolute Gasteiger partial charge is 0.253 e. The summed E-state index contributed by atoms with van der Waals surface area (Å²) in [6, 6.07) is 15.2. The van der Waals surface area contributed by atoms with E-state index in [9.17, 15) is 4.79 Å². The second-order valence-electron chi connectivity index (χ2n) is 8.99. The molecular formula is C26H31Cl3N4O2. The second kappa shape index (κ2) is 12.7. The van der Waals surface area contributed by atoms with E-state index >= 15 is 0 Å². The van der Waals surface area contributed by atoms with Gasteiger partial charge in [0.25, 0.3) is 5.91 Å². The Morgan fingerprint density at radius 1 is 1.11 bits per heavy atom. The van der Waals surface area contributed by atoms with Crippen molar-refractivity contribution in [2.24, 2.45) is 0 Å². The predicted molar refractivity (Wildman–Crippen MR) is 142 cm³/mol. The average molecular weight is 538 g/mol. The van der Waals surface area contributed by atoms with Crippen molar-refractivity contribution in [1.82, 2.24) is 20.0 Å². The molecule has 2 aromatic carbocycles. The maximum Gasteiger partial charge on any atom is 0.253 e. The average Bonchev–Trinajstić information content (AvgIpc) is 3.30. The third kappa shape index (κ3) is 7.20. The first-order valence-corrected chi connectivity index (χ1v) is 12.4. The number of halogens is 3. The summed E-state index contributed by atoms with van der Waals surface area (Å²) in [5.41, 5.74) is 1.79. The first-order chi connectivity index (χ1) is 16.4. The molecule has 1 atom stereocenters. The SMILES string of the molecule is Cc1nnc(C2CCN(CCC(CN(C)C(=O)c3ccccc3)c3ccc(Cl)c(Cl)c3)CC2)o1.Cl. The topological polar surface area (TPSA) is 62.5 Å². The molecule has 1 amide bonds. The molecule has 1 aliphatic rings. The summed E-state index contributed by atoms with van der Waals surface area (Å²) in [6.07, 6.45) is 2.92. The zero-order valence-electron chi connectivity index (χ0n) is 20.0. The molecule has 0 radical (unpaired) electrons. The van der Waals surface area contributed by atoms with Gasteiger partial charge in [-0.25, -0.2) is 0 Å². The number of aromatic nitrogens is 2. The molecule has 0 aliphatic carbocycles. The lowest BCUT2D eigenvalue weighted by Gasteiger charge is -2.32. The Bertz CT molecular complexity index is 1100. The summed E-state index contributed by atoms with van der Waals surface area (Å²) in [5.74, 6) is 1.87. The van der Waals surface area contributed by atoms with Crippen LogP contribution in [-0.2, 0) is 0 Å². The van der Waals surface area contributed by atoms with Gasteiger partial charge in [0, 0.05) is 37.9 Å². The van der Waals surface area contributed by atoms with Gasteiger partial charge in [0.15, 0.2) is 0 Å². The highest BCUT2D eigenvalue weighted by Crippen LogP contribution is 2.31. The molecule has 1 aliphatic heterocycles. The van der Waals surface area contributed by atoms with Gasteiger partial charge in [0.2, 0.25) is 11.8 Å². The van der Waals surface area contributed by atoms with Gasteiger partial charge in [-0.2, -0.15) is 0 Å². The van der Waals surface area contributed by atoms with Crippen LogP contribution < -0.4 is 0 Å². The third-order valence-corrected chi connectivity index (χ3v) is 7.29. The van der Waals surface area contributed by atoms with E-state index < -0.39 is 0 Å². The van der Waals surface area contributed by atoms with Crippen LogP contribution in [0.5, 0.6) is 0 Å². The van der Waals surface area contributed by atoms with Gasteiger partial charge in [-0.3, -0.25) is 4.79 Å². The van der Waals surface area contributed by atoms with Crippen LogP contribution in [-0.4, -0.2) is 59.1 Å². The van der Waals surface area contributed by atoms with Crippen LogP contribution in [0.15, 0.2) is 52.9 Å². The summed E-state index contributed by atoms with van der Waals surface area (Å²) in [4.78, 5) is 17.2. The van der Waals surface area contributed by atoms with E-state index in [4.69, 9.17) is 27.6 Å². The van der Waals surface area contributed by atoms with E-state index in [0.717, 1.165) is 50.4 Å². The van der Waals surface area contributed by atoms with E-state index in [1.807, 2.05) is 62.5 Å². The fourth-order valence-corrected chi connectivity index (χ4v) is 4.87. The van der Waals surface area contributed by atoms with Crippen LogP contribution in [0.3, 0.4) is 0 Å². The van der Waals surface area contributed by atoms with E-state index in [0.29, 0.717) is 34.0 Å². The summed E-state index contributed by atoms with van der Waals surface area (Å²) in [7, 11) is 1.86. The molecule has 9 heteroatoms. The molecule has 1 unspecified atom stereocenters. The fourth-order valence-electron chi connectivity index (χ4n) is 4.56. The van der Waals surface area contributed by atoms with Gasteiger partial charge in [0.05, 0.1) is 10.0 Å². The maximum atomic E-state index is 13.0. The van der Waals surface area contributed by atoms with Crippen LogP contribution >= 0.6 is 35.6 Å². The van der Waals surface area contributed by atoms with E-state index in [1.54, 1.807) is 4.90 Å². The number of rotatable bonds is 8. The van der Waals surface area contributed by atoms with Crippen molar-refractivity contribution >= 4 is 41.5 Å². The zero-order valence-corrected chi connectivity index (χ0v) is 22.3. The first-order valence-electron chi connectivity index (χ1n) is 11.7. The van der Waals surface area contributed by atoms with Crippen LogP contribution in [0.2, 0.25) is 10.0 Å². The molecule has 0 saturated carbocycles. The van der Waals surface area contributed by atoms with Gasteiger partial charge >= 0.3 is 0 Å². The molecule has 0 spiro atoms. The Hall–Kier alpha value is -2.12. The molecule has 0 N–H and O–H groups in total. The van der Waals surface area contributed by atoms with Crippen LogP contribution in [0.25, 0.3) is 0 Å². The minimum Gasteiger partial charge on any atom is -0.425 e. The van der Waals surface area contributed by atoms with Gasteiger partial charge < -0.3 is 14.2 Å². The van der Waals surface area contributed by atoms with Gasteiger partial charge in [0.1, 0.15) is 0 Å². The molecule has 188 valence electrons. The number of benzene rings is 2. The summed E-state index contributed by atoms with van der Waals surface area (Å²) >= 11 is 12.5. The highest BCUT2D eigenvalue weighted by Gasteiger charge is 2.26. The number of hydrogen-bond acceptors (Lipinski definition) is 5. The summed E-state index contributed by atoms with van der Waals surface area (Å²) in [5, 5.41) is 9.25. The standard InChI is InChI=1S/C26H30Cl2N4O2.ClH/c1-18-29-30-25(34-18)19-10-13-32(14-11-19)15-12-22(21-8-9-23(27)24(28)16-21)17-31(2)26(33)20-6-4-3-5-7-20;/h3-9,16,19,22H,10-15,17H2,1-2H3;1H. The Labute approximate surface area is 223 Å². The largest absolute Gasteiger partial charge is 0.425 e. The first kappa shape index (κ1) is 27.5. The Balaban J connectivity index is 0.00000342. The number of likely N-dealkylation sites (tertiary alicyclic amines) is 1. The zero-order chi connectivity index (χ0) is 24.1. The van der Waals surface area contributed by atoms with Crippen molar-refractivity contribution in [3.8, 4) is 0 Å². The minimum absolute atomic E-state index is 0. The monoisotopic (exact) mass is 536 g/mol. The number of piperidine rings is 1. The molecule has 2 heterocycles. The van der Waals surface area contributed by atoms with E-state index in [2.05, 4.69) is 15.1 Å². The molecule has 1 fully saturated rings. The van der Waals surface area contributed by atoms with Crippen molar-refractivity contribution in [3.63, 3.8) is 0 Å². The molecule has 1 aromatic heterocycles. The number of likely N-dealkylation sites (N-methyl/N-ethyl adjacent to an activating group) is 1. The number of nitrogens with zero attached hydrogens (tertiary/aromatic N) is 4. The van der Waals surface area contributed by atoms with Gasteiger partial charge in [-0.05, 0) is 68.7 Å². The highest BCUT2D eigenvalue weighted by atomic mass is 35.5. The normalized spacial score (nSPS) is 15.4. The second-order valence-corrected chi connectivity index (χ2v) is 9.80. The predicted octanol–water partition coefficient (Wildman–Crippen LogP) is 6.23. The molecule has 6 nitrogen and oxygen atoms in total. The molecule has 35 heavy (non-hydrogen) atoms. The van der Waals surface area contributed by atoms with Crippen LogP contribution in [0.4, 0.5) is 0 Å². The fraction of sp³-hybridized carbons (Fsp3) is 0.423. The quantitative estimate of drug-likeness (QED) is 0.341. The molecule has 3 aromatic rings. The lowest BCUT2D eigenvalue weighted by Crippen LogP contribution is -2.36. The highest BCUT2D eigenvalue weighted by molar-refractivity contribution is 6.42. The summed E-state index contributed by atoms with van der Waals surface area (Å²) < 4.78 is 5.64. The van der Waals surface area contributed by atoms with E-state index in [-0.39, 0.29) is 24.2 Å².